The number of thioether (sulfide) groups is 1. The molecule has 0 unspecified atom stereocenters. The van der Waals surface area contributed by atoms with Crippen LogP contribution >= 0.6 is 23.4 Å². The quantitative estimate of drug-likeness (QED) is 0.374. The molecule has 2 aromatic carbocycles. The van der Waals surface area contributed by atoms with Crippen molar-refractivity contribution >= 4 is 41.2 Å². The molecular weight excluding hydrogens is 338 g/mol. The predicted molar refractivity (Wildman–Crippen MR) is 91.0 cm³/mol. The molecule has 0 aliphatic carbocycles. The highest BCUT2D eigenvalue weighted by Crippen LogP contribution is 2.19. The van der Waals surface area contributed by atoms with Crippen molar-refractivity contribution in [2.75, 3.05) is 5.75 Å². The van der Waals surface area contributed by atoms with Crippen molar-refractivity contribution in [3.63, 3.8) is 0 Å². The lowest BCUT2D eigenvalue weighted by molar-refractivity contribution is -0.384. The first-order chi connectivity index (χ1) is 11.0. The molecular formula is C15H12ClN3O3S. The van der Waals surface area contributed by atoms with E-state index >= 15 is 0 Å². The number of nitro benzene ring substituents is 1. The molecule has 0 aromatic heterocycles. The van der Waals surface area contributed by atoms with E-state index in [1.165, 1.54) is 30.1 Å². The smallest absolute Gasteiger partial charge is 0.269 e. The molecule has 118 valence electrons. The zero-order valence-corrected chi connectivity index (χ0v) is 13.4. The molecule has 1 N–H and O–H groups in total. The molecule has 0 aliphatic heterocycles. The fourth-order valence-electron chi connectivity index (χ4n) is 1.57. The molecule has 0 saturated carbocycles. The summed E-state index contributed by atoms with van der Waals surface area (Å²) in [4.78, 5) is 22.6. The zero-order valence-electron chi connectivity index (χ0n) is 11.8. The van der Waals surface area contributed by atoms with Crippen molar-refractivity contribution in [2.24, 2.45) is 5.10 Å². The summed E-state index contributed by atoms with van der Waals surface area (Å²) < 4.78 is 0. The van der Waals surface area contributed by atoms with Gasteiger partial charge in [0.2, 0.25) is 5.91 Å². The van der Waals surface area contributed by atoms with Crippen LogP contribution in [-0.4, -0.2) is 22.8 Å². The molecule has 0 spiro atoms. The van der Waals surface area contributed by atoms with Gasteiger partial charge in [0.05, 0.1) is 16.9 Å². The van der Waals surface area contributed by atoms with Crippen LogP contribution in [0.1, 0.15) is 5.56 Å². The Bertz CT molecular complexity index is 718. The number of halogens is 1. The van der Waals surface area contributed by atoms with Gasteiger partial charge in [-0.15, -0.1) is 11.8 Å². The molecule has 0 heterocycles. The molecule has 0 aliphatic rings. The third-order valence-corrected chi connectivity index (χ3v) is 3.95. The number of benzene rings is 2. The van der Waals surface area contributed by atoms with Crippen LogP contribution in [0.25, 0.3) is 0 Å². The van der Waals surface area contributed by atoms with Crippen molar-refractivity contribution in [2.45, 2.75) is 4.90 Å². The molecule has 0 radical (unpaired) electrons. The molecule has 0 bridgehead atoms. The van der Waals surface area contributed by atoms with E-state index in [1.807, 2.05) is 12.1 Å². The Morgan fingerprint density at radius 2 is 1.87 bits per heavy atom. The van der Waals surface area contributed by atoms with E-state index in [2.05, 4.69) is 10.5 Å². The molecule has 0 fully saturated rings. The second-order valence-electron chi connectivity index (χ2n) is 4.38. The first-order valence-corrected chi connectivity index (χ1v) is 7.85. The van der Waals surface area contributed by atoms with Gasteiger partial charge >= 0.3 is 0 Å². The van der Waals surface area contributed by atoms with Crippen molar-refractivity contribution in [3.8, 4) is 0 Å². The summed E-state index contributed by atoms with van der Waals surface area (Å²) in [6.45, 7) is 0. The number of carbonyl (C=O) groups is 1. The monoisotopic (exact) mass is 349 g/mol. The molecule has 0 atom stereocenters. The van der Waals surface area contributed by atoms with Crippen molar-refractivity contribution < 1.29 is 9.72 Å². The molecule has 0 saturated heterocycles. The SMILES string of the molecule is O=C(CSc1ccc(Cl)cc1)N/N=C\c1ccc([N+](=O)[O-])cc1. The molecule has 2 rings (SSSR count). The predicted octanol–water partition coefficient (Wildman–Crippen LogP) is 3.49. The number of nitro groups is 1. The number of non-ortho nitro benzene ring substituents is 1. The average molecular weight is 350 g/mol. The van der Waals surface area contributed by atoms with Crippen LogP contribution in [-0.2, 0) is 4.79 Å². The second kappa shape index (κ2) is 8.30. The first-order valence-electron chi connectivity index (χ1n) is 6.49. The summed E-state index contributed by atoms with van der Waals surface area (Å²) in [5.74, 6) is -0.0257. The summed E-state index contributed by atoms with van der Waals surface area (Å²) in [6.07, 6.45) is 1.43. The summed E-state index contributed by atoms with van der Waals surface area (Å²) in [6, 6.07) is 13.0. The lowest BCUT2D eigenvalue weighted by Crippen LogP contribution is -2.19. The van der Waals surface area contributed by atoms with Gasteiger partial charge in [-0.1, -0.05) is 11.6 Å². The van der Waals surface area contributed by atoms with E-state index in [-0.39, 0.29) is 17.3 Å². The number of amides is 1. The van der Waals surface area contributed by atoms with Gasteiger partial charge in [0.25, 0.3) is 5.69 Å². The van der Waals surface area contributed by atoms with E-state index in [9.17, 15) is 14.9 Å². The third kappa shape index (κ3) is 5.72. The lowest BCUT2D eigenvalue weighted by Gasteiger charge is -2.01. The highest BCUT2D eigenvalue weighted by molar-refractivity contribution is 8.00. The highest BCUT2D eigenvalue weighted by atomic mass is 35.5. The molecule has 6 nitrogen and oxygen atoms in total. The second-order valence-corrected chi connectivity index (χ2v) is 5.87. The number of rotatable bonds is 6. The Kier molecular flexibility index (Phi) is 6.13. The molecule has 2 aromatic rings. The number of hydrogen-bond acceptors (Lipinski definition) is 5. The van der Waals surface area contributed by atoms with Crippen LogP contribution in [0.15, 0.2) is 58.5 Å². The van der Waals surface area contributed by atoms with Gasteiger partial charge < -0.3 is 0 Å². The topological polar surface area (TPSA) is 84.6 Å². The lowest BCUT2D eigenvalue weighted by atomic mass is 10.2. The third-order valence-electron chi connectivity index (χ3n) is 2.69. The van der Waals surface area contributed by atoms with Gasteiger partial charge in [0.15, 0.2) is 0 Å². The molecule has 23 heavy (non-hydrogen) atoms. The summed E-state index contributed by atoms with van der Waals surface area (Å²) in [5.41, 5.74) is 3.06. The van der Waals surface area contributed by atoms with Crippen LogP contribution in [0, 0.1) is 10.1 Å². The van der Waals surface area contributed by atoms with Gasteiger partial charge in [-0.3, -0.25) is 14.9 Å². The number of carbonyl (C=O) groups excluding carboxylic acids is 1. The standard InChI is InChI=1S/C15H12ClN3O3S/c16-12-3-7-14(8-4-12)23-10-15(20)18-17-9-11-1-5-13(6-2-11)19(21)22/h1-9H,10H2,(H,18,20)/b17-9-. The molecule has 8 heteroatoms. The van der Waals surface area contributed by atoms with Crippen molar-refractivity contribution in [1.82, 2.24) is 5.43 Å². The summed E-state index contributed by atoms with van der Waals surface area (Å²) >= 11 is 7.15. The van der Waals surface area contributed by atoms with Crippen LogP contribution in [0.5, 0.6) is 0 Å². The number of hydrazone groups is 1. The van der Waals surface area contributed by atoms with Gasteiger partial charge in [-0.25, -0.2) is 5.43 Å². The van der Waals surface area contributed by atoms with E-state index in [0.29, 0.717) is 10.6 Å². The van der Waals surface area contributed by atoms with E-state index in [0.717, 1.165) is 4.90 Å². The normalized spacial score (nSPS) is 10.7. The van der Waals surface area contributed by atoms with Crippen LogP contribution < -0.4 is 5.43 Å². The van der Waals surface area contributed by atoms with Crippen molar-refractivity contribution in [1.29, 1.82) is 0 Å². The van der Waals surface area contributed by atoms with Crippen molar-refractivity contribution in [3.05, 3.63) is 69.2 Å². The number of hydrogen-bond donors (Lipinski definition) is 1. The minimum absolute atomic E-state index is 0.00514. The maximum atomic E-state index is 11.7. The number of nitrogens with zero attached hydrogens (tertiary/aromatic N) is 2. The number of nitrogens with one attached hydrogen (secondary N) is 1. The Morgan fingerprint density at radius 3 is 2.48 bits per heavy atom. The van der Waals surface area contributed by atoms with E-state index < -0.39 is 4.92 Å². The Labute approximate surface area is 141 Å². The maximum Gasteiger partial charge on any atom is 0.269 e. The van der Waals surface area contributed by atoms with Crippen LogP contribution in [0.3, 0.4) is 0 Å². The van der Waals surface area contributed by atoms with Gasteiger partial charge in [0, 0.05) is 22.1 Å². The summed E-state index contributed by atoms with van der Waals surface area (Å²) in [5, 5.41) is 15.0. The Morgan fingerprint density at radius 1 is 1.22 bits per heavy atom. The zero-order chi connectivity index (χ0) is 16.7. The average Bonchev–Trinajstić information content (AvgIpc) is 2.55. The van der Waals surface area contributed by atoms with Gasteiger partial charge in [-0.2, -0.15) is 5.10 Å². The van der Waals surface area contributed by atoms with Crippen LogP contribution in [0.2, 0.25) is 5.02 Å². The largest absolute Gasteiger partial charge is 0.272 e. The highest BCUT2D eigenvalue weighted by Gasteiger charge is 2.03. The summed E-state index contributed by atoms with van der Waals surface area (Å²) in [7, 11) is 0. The van der Waals surface area contributed by atoms with Gasteiger partial charge in [0.1, 0.15) is 0 Å². The Balaban J connectivity index is 1.79. The fraction of sp³-hybridized carbons (Fsp3) is 0.0667. The van der Waals surface area contributed by atoms with E-state index in [1.54, 1.807) is 24.3 Å². The van der Waals surface area contributed by atoms with Crippen LogP contribution in [0.4, 0.5) is 5.69 Å². The van der Waals surface area contributed by atoms with Gasteiger partial charge in [-0.05, 0) is 42.0 Å². The van der Waals surface area contributed by atoms with E-state index in [4.69, 9.17) is 11.6 Å². The maximum absolute atomic E-state index is 11.7. The fourth-order valence-corrected chi connectivity index (χ4v) is 2.39. The minimum Gasteiger partial charge on any atom is -0.272 e. The molecule has 1 amide bonds. The Hall–Kier alpha value is -2.38. The minimum atomic E-state index is -0.476. The first kappa shape index (κ1) is 17.0.